The van der Waals surface area contributed by atoms with Crippen molar-refractivity contribution >= 4 is 5.82 Å². The molecule has 4 heteroatoms. The van der Waals surface area contributed by atoms with Crippen LogP contribution >= 0.6 is 0 Å². The number of ether oxygens (including phenoxy) is 1. The minimum atomic E-state index is -0.0944. The first-order valence-corrected chi connectivity index (χ1v) is 5.06. The third-order valence-corrected chi connectivity index (χ3v) is 2.21. The largest absolute Gasteiger partial charge is 0.456 e. The summed E-state index contributed by atoms with van der Waals surface area (Å²) in [5, 5.41) is 0. The van der Waals surface area contributed by atoms with E-state index in [0.717, 1.165) is 5.56 Å². The van der Waals surface area contributed by atoms with Gasteiger partial charge in [0.2, 0.25) is 0 Å². The van der Waals surface area contributed by atoms with Gasteiger partial charge in [0.05, 0.1) is 0 Å². The van der Waals surface area contributed by atoms with Gasteiger partial charge in [-0.25, -0.2) is 4.98 Å². The van der Waals surface area contributed by atoms with Crippen molar-refractivity contribution in [1.82, 2.24) is 9.97 Å². The fourth-order valence-corrected chi connectivity index (χ4v) is 1.36. The van der Waals surface area contributed by atoms with E-state index in [2.05, 4.69) is 9.97 Å². The van der Waals surface area contributed by atoms with Crippen LogP contribution in [0, 0.1) is 0 Å². The fraction of sp³-hybridized carbons (Fsp3) is 0.167. The van der Waals surface area contributed by atoms with Crippen LogP contribution in [-0.4, -0.2) is 9.97 Å². The van der Waals surface area contributed by atoms with Gasteiger partial charge >= 0.3 is 6.01 Å². The molecule has 1 aromatic heterocycles. The molecule has 0 radical (unpaired) electrons. The highest BCUT2D eigenvalue weighted by molar-refractivity contribution is 5.27. The summed E-state index contributed by atoms with van der Waals surface area (Å²) in [4.78, 5) is 7.97. The molecule has 0 amide bonds. The summed E-state index contributed by atoms with van der Waals surface area (Å²) in [6.07, 6.45) is 1.48. The van der Waals surface area contributed by atoms with E-state index in [1.807, 2.05) is 37.3 Å². The molecule has 4 nitrogen and oxygen atoms in total. The van der Waals surface area contributed by atoms with Crippen molar-refractivity contribution in [3.05, 3.63) is 48.2 Å². The van der Waals surface area contributed by atoms with E-state index in [1.165, 1.54) is 0 Å². The van der Waals surface area contributed by atoms with Gasteiger partial charge in [0.1, 0.15) is 11.9 Å². The van der Waals surface area contributed by atoms with Crippen LogP contribution in [0.15, 0.2) is 42.6 Å². The molecular weight excluding hydrogens is 202 g/mol. The van der Waals surface area contributed by atoms with Gasteiger partial charge in [0, 0.05) is 6.20 Å². The molecule has 0 spiro atoms. The van der Waals surface area contributed by atoms with Crippen LogP contribution in [0.5, 0.6) is 6.01 Å². The number of anilines is 1. The summed E-state index contributed by atoms with van der Waals surface area (Å²) >= 11 is 0. The SMILES string of the molecule is CC(Oc1nccc(N)n1)c1ccccc1. The van der Waals surface area contributed by atoms with E-state index in [1.54, 1.807) is 12.3 Å². The third-order valence-electron chi connectivity index (χ3n) is 2.21. The highest BCUT2D eigenvalue weighted by Gasteiger charge is 2.08. The normalized spacial score (nSPS) is 12.1. The molecule has 1 aromatic carbocycles. The van der Waals surface area contributed by atoms with E-state index < -0.39 is 0 Å². The molecule has 1 heterocycles. The fourth-order valence-electron chi connectivity index (χ4n) is 1.36. The average molecular weight is 215 g/mol. The number of hydrogen-bond acceptors (Lipinski definition) is 4. The van der Waals surface area contributed by atoms with Gasteiger partial charge in [-0.3, -0.25) is 0 Å². The predicted molar refractivity (Wildman–Crippen MR) is 61.9 cm³/mol. The first kappa shape index (κ1) is 10.4. The number of hydrogen-bond donors (Lipinski definition) is 1. The summed E-state index contributed by atoms with van der Waals surface area (Å²) in [6, 6.07) is 11.8. The van der Waals surface area contributed by atoms with E-state index >= 15 is 0 Å². The van der Waals surface area contributed by atoms with Gasteiger partial charge in [-0.2, -0.15) is 4.98 Å². The zero-order valence-corrected chi connectivity index (χ0v) is 9.00. The molecule has 1 unspecified atom stereocenters. The standard InChI is InChI=1S/C12H13N3O/c1-9(10-5-3-2-4-6-10)16-12-14-8-7-11(13)15-12/h2-9H,1H3,(H2,13,14,15). The molecule has 0 fully saturated rings. The van der Waals surface area contributed by atoms with Crippen LogP contribution in [0.3, 0.4) is 0 Å². The Morgan fingerprint density at radius 2 is 1.94 bits per heavy atom. The van der Waals surface area contributed by atoms with Gasteiger partial charge in [-0.15, -0.1) is 0 Å². The number of nitrogen functional groups attached to an aromatic ring is 1. The number of aromatic nitrogens is 2. The smallest absolute Gasteiger partial charge is 0.318 e. The van der Waals surface area contributed by atoms with E-state index in [0.29, 0.717) is 11.8 Å². The topological polar surface area (TPSA) is 61.0 Å². The Labute approximate surface area is 94.1 Å². The van der Waals surface area contributed by atoms with Crippen molar-refractivity contribution in [2.75, 3.05) is 5.73 Å². The molecule has 1 atom stereocenters. The van der Waals surface area contributed by atoms with E-state index in [4.69, 9.17) is 10.5 Å². The van der Waals surface area contributed by atoms with Crippen molar-refractivity contribution in [3.63, 3.8) is 0 Å². The lowest BCUT2D eigenvalue weighted by Gasteiger charge is -2.12. The maximum absolute atomic E-state index is 5.58. The number of rotatable bonds is 3. The molecular formula is C12H13N3O. The first-order chi connectivity index (χ1) is 7.75. The highest BCUT2D eigenvalue weighted by atomic mass is 16.5. The lowest BCUT2D eigenvalue weighted by Crippen LogP contribution is -2.06. The monoisotopic (exact) mass is 215 g/mol. The Bertz CT molecular complexity index is 459. The number of nitrogens with two attached hydrogens (primary N) is 1. The van der Waals surface area contributed by atoms with Crippen LogP contribution in [0.2, 0.25) is 0 Å². The molecule has 0 aliphatic carbocycles. The lowest BCUT2D eigenvalue weighted by molar-refractivity contribution is 0.207. The zero-order chi connectivity index (χ0) is 11.4. The maximum atomic E-state index is 5.58. The molecule has 0 saturated heterocycles. The summed E-state index contributed by atoms with van der Waals surface area (Å²) in [5.74, 6) is 0.408. The molecule has 0 bridgehead atoms. The van der Waals surface area contributed by atoms with Gasteiger partial charge < -0.3 is 10.5 Å². The van der Waals surface area contributed by atoms with E-state index in [9.17, 15) is 0 Å². The molecule has 0 saturated carbocycles. The second-order valence-corrected chi connectivity index (χ2v) is 3.43. The average Bonchev–Trinajstić information content (AvgIpc) is 2.30. The number of benzene rings is 1. The molecule has 2 rings (SSSR count). The van der Waals surface area contributed by atoms with Crippen molar-refractivity contribution in [1.29, 1.82) is 0 Å². The Kier molecular flexibility index (Phi) is 3.00. The lowest BCUT2D eigenvalue weighted by atomic mass is 10.1. The summed E-state index contributed by atoms with van der Waals surface area (Å²) in [5.41, 5.74) is 6.62. The van der Waals surface area contributed by atoms with Gasteiger partial charge in [-0.1, -0.05) is 30.3 Å². The van der Waals surface area contributed by atoms with Gasteiger partial charge in [0.25, 0.3) is 0 Å². The molecule has 0 aliphatic heterocycles. The van der Waals surface area contributed by atoms with Crippen LogP contribution in [0.1, 0.15) is 18.6 Å². The van der Waals surface area contributed by atoms with Crippen LogP contribution in [0.25, 0.3) is 0 Å². The Morgan fingerprint density at radius 3 is 2.62 bits per heavy atom. The molecule has 2 aromatic rings. The first-order valence-electron chi connectivity index (χ1n) is 5.06. The maximum Gasteiger partial charge on any atom is 0.318 e. The zero-order valence-electron chi connectivity index (χ0n) is 9.00. The second-order valence-electron chi connectivity index (χ2n) is 3.43. The van der Waals surface area contributed by atoms with Gasteiger partial charge in [-0.05, 0) is 18.6 Å². The van der Waals surface area contributed by atoms with Crippen molar-refractivity contribution in [2.45, 2.75) is 13.0 Å². The highest BCUT2D eigenvalue weighted by Crippen LogP contribution is 2.18. The van der Waals surface area contributed by atoms with Crippen LogP contribution < -0.4 is 10.5 Å². The quantitative estimate of drug-likeness (QED) is 0.852. The third kappa shape index (κ3) is 2.48. The minimum Gasteiger partial charge on any atom is -0.456 e. The second kappa shape index (κ2) is 4.61. The number of nitrogens with zero attached hydrogens (tertiary/aromatic N) is 2. The molecule has 16 heavy (non-hydrogen) atoms. The van der Waals surface area contributed by atoms with Crippen molar-refractivity contribution in [3.8, 4) is 6.01 Å². The van der Waals surface area contributed by atoms with Crippen molar-refractivity contribution < 1.29 is 4.74 Å². The summed E-state index contributed by atoms with van der Waals surface area (Å²) in [7, 11) is 0. The Morgan fingerprint density at radius 1 is 1.19 bits per heavy atom. The van der Waals surface area contributed by atoms with Gasteiger partial charge in [0.15, 0.2) is 0 Å². The van der Waals surface area contributed by atoms with Crippen LogP contribution in [0.4, 0.5) is 5.82 Å². The predicted octanol–water partition coefficient (Wildman–Crippen LogP) is 2.20. The summed E-state index contributed by atoms with van der Waals surface area (Å²) in [6.45, 7) is 1.95. The summed E-state index contributed by atoms with van der Waals surface area (Å²) < 4.78 is 5.58. The molecule has 0 aliphatic rings. The van der Waals surface area contributed by atoms with Crippen molar-refractivity contribution in [2.24, 2.45) is 0 Å². The molecule has 82 valence electrons. The van der Waals surface area contributed by atoms with E-state index in [-0.39, 0.29) is 6.10 Å². The van der Waals surface area contributed by atoms with Crippen LogP contribution in [-0.2, 0) is 0 Å². The Balaban J connectivity index is 2.11. The minimum absolute atomic E-state index is 0.0944. The molecule has 2 N–H and O–H groups in total. The Hall–Kier alpha value is -2.10.